The van der Waals surface area contributed by atoms with Gasteiger partial charge in [0.05, 0.1) is 17.6 Å². The molecular formula is C23H22N4O2. The van der Waals surface area contributed by atoms with Gasteiger partial charge >= 0.3 is 0 Å². The molecule has 2 N–H and O–H groups in total. The fraction of sp³-hybridized carbons (Fsp3) is 0.304. The van der Waals surface area contributed by atoms with Gasteiger partial charge in [0.25, 0.3) is 0 Å². The van der Waals surface area contributed by atoms with Crippen molar-refractivity contribution >= 4 is 17.6 Å². The average molecular weight is 386 g/mol. The molecule has 1 amide bonds. The molecular weight excluding hydrogens is 364 g/mol. The van der Waals surface area contributed by atoms with Crippen molar-refractivity contribution < 1.29 is 9.59 Å². The minimum absolute atomic E-state index is 0.136. The Morgan fingerprint density at radius 3 is 2.55 bits per heavy atom. The zero-order valence-electron chi connectivity index (χ0n) is 16.4. The second-order valence-electron chi connectivity index (χ2n) is 7.90. The number of carbonyl (C=O) groups is 2. The summed E-state index contributed by atoms with van der Waals surface area (Å²) in [4.78, 5) is 31.6. The Morgan fingerprint density at radius 1 is 1.24 bits per heavy atom. The van der Waals surface area contributed by atoms with Crippen molar-refractivity contribution in [3.8, 4) is 6.07 Å². The summed E-state index contributed by atoms with van der Waals surface area (Å²) < 4.78 is 0. The molecule has 0 spiro atoms. The SMILES string of the molecule is CN1C(=O)[C@@H](c2ccc(C(=O)C3CC3)cc2)[C@@](C)(c2cccc(C#N)c2)N=C1N. The van der Waals surface area contributed by atoms with Gasteiger partial charge < -0.3 is 5.73 Å². The van der Waals surface area contributed by atoms with Gasteiger partial charge in [0.15, 0.2) is 11.7 Å². The Bertz CT molecular complexity index is 1060. The predicted octanol–water partition coefficient (Wildman–Crippen LogP) is 2.94. The van der Waals surface area contributed by atoms with Crippen molar-refractivity contribution in [1.82, 2.24) is 4.90 Å². The van der Waals surface area contributed by atoms with Crippen molar-refractivity contribution in [3.63, 3.8) is 0 Å². The van der Waals surface area contributed by atoms with E-state index in [0.717, 1.165) is 24.0 Å². The van der Waals surface area contributed by atoms with Crippen LogP contribution in [0, 0.1) is 17.2 Å². The van der Waals surface area contributed by atoms with Crippen LogP contribution in [0.2, 0.25) is 0 Å². The third kappa shape index (κ3) is 3.19. The second-order valence-corrected chi connectivity index (χ2v) is 7.90. The molecule has 6 nitrogen and oxygen atoms in total. The lowest BCUT2D eigenvalue weighted by Crippen LogP contribution is -2.52. The van der Waals surface area contributed by atoms with Crippen molar-refractivity contribution in [1.29, 1.82) is 5.26 Å². The number of likely N-dealkylation sites (N-methyl/N-ethyl adjacent to an activating group) is 1. The Kier molecular flexibility index (Phi) is 4.46. The van der Waals surface area contributed by atoms with Crippen molar-refractivity contribution in [2.75, 3.05) is 7.05 Å². The molecule has 4 rings (SSSR count). The minimum Gasteiger partial charge on any atom is -0.369 e. The fourth-order valence-electron chi connectivity index (χ4n) is 3.95. The van der Waals surface area contributed by atoms with E-state index in [0.29, 0.717) is 11.1 Å². The second kappa shape index (κ2) is 6.85. The standard InChI is InChI=1S/C23H22N4O2/c1-23(18-5-3-4-14(12-18)13-24)19(21(29)27(2)22(25)26-23)15-6-8-16(9-7-15)20(28)17-10-11-17/h3-9,12,17,19H,10-11H2,1-2H3,(H2,25,26)/t19-,23-/m1/s1. The number of aliphatic imine (C=N–C) groups is 1. The summed E-state index contributed by atoms with van der Waals surface area (Å²) in [6.07, 6.45) is 1.90. The third-order valence-electron chi connectivity index (χ3n) is 5.88. The molecule has 2 atom stereocenters. The molecule has 2 aliphatic rings. The summed E-state index contributed by atoms with van der Waals surface area (Å²) >= 11 is 0. The Balaban J connectivity index is 1.80. The van der Waals surface area contributed by atoms with Gasteiger partial charge in [-0.3, -0.25) is 14.5 Å². The molecule has 29 heavy (non-hydrogen) atoms. The average Bonchev–Trinajstić information content (AvgIpc) is 3.57. The lowest BCUT2D eigenvalue weighted by molar-refractivity contribution is -0.130. The molecule has 0 saturated heterocycles. The maximum absolute atomic E-state index is 13.2. The van der Waals surface area contributed by atoms with Crippen LogP contribution in [0.15, 0.2) is 53.5 Å². The van der Waals surface area contributed by atoms with E-state index in [-0.39, 0.29) is 23.6 Å². The van der Waals surface area contributed by atoms with Crippen molar-refractivity contribution in [2.45, 2.75) is 31.2 Å². The minimum atomic E-state index is -0.970. The number of Topliss-reactive ketones (excluding diaryl/α,β-unsaturated/α-hetero) is 1. The normalized spacial score (nSPS) is 24.0. The van der Waals surface area contributed by atoms with Gasteiger partial charge in [-0.1, -0.05) is 36.4 Å². The van der Waals surface area contributed by atoms with E-state index in [1.165, 1.54) is 4.90 Å². The molecule has 0 aromatic heterocycles. The number of benzene rings is 2. The molecule has 1 aliphatic carbocycles. The van der Waals surface area contributed by atoms with Gasteiger partial charge in [0, 0.05) is 18.5 Å². The predicted molar refractivity (Wildman–Crippen MR) is 109 cm³/mol. The Labute approximate surface area is 169 Å². The number of nitriles is 1. The number of guanidine groups is 1. The first kappa shape index (κ1) is 18.9. The van der Waals surface area contributed by atoms with Crippen LogP contribution in [-0.2, 0) is 10.3 Å². The molecule has 2 aromatic carbocycles. The highest BCUT2D eigenvalue weighted by Crippen LogP contribution is 2.44. The van der Waals surface area contributed by atoms with Crippen LogP contribution < -0.4 is 5.73 Å². The van der Waals surface area contributed by atoms with Crippen LogP contribution in [0.25, 0.3) is 0 Å². The molecule has 1 fully saturated rings. The quantitative estimate of drug-likeness (QED) is 0.817. The van der Waals surface area contributed by atoms with E-state index >= 15 is 0 Å². The topological polar surface area (TPSA) is 99.5 Å². The first-order valence-electron chi connectivity index (χ1n) is 9.63. The highest BCUT2D eigenvalue weighted by atomic mass is 16.2. The maximum Gasteiger partial charge on any atom is 0.239 e. The van der Waals surface area contributed by atoms with Crippen LogP contribution in [-0.4, -0.2) is 29.6 Å². The molecule has 1 saturated carbocycles. The van der Waals surface area contributed by atoms with Crippen LogP contribution in [0.1, 0.15) is 52.7 Å². The molecule has 1 aliphatic heterocycles. The molecule has 0 radical (unpaired) electrons. The number of nitrogens with zero attached hydrogens (tertiary/aromatic N) is 3. The van der Waals surface area contributed by atoms with Gasteiger partial charge in [-0.05, 0) is 43.0 Å². The van der Waals surface area contributed by atoms with E-state index in [2.05, 4.69) is 11.1 Å². The zero-order chi connectivity index (χ0) is 20.8. The first-order chi connectivity index (χ1) is 13.8. The lowest BCUT2D eigenvalue weighted by Gasteiger charge is -2.41. The smallest absolute Gasteiger partial charge is 0.239 e. The summed E-state index contributed by atoms with van der Waals surface area (Å²) in [5, 5.41) is 9.29. The zero-order valence-corrected chi connectivity index (χ0v) is 16.4. The van der Waals surface area contributed by atoms with Gasteiger partial charge in [-0.2, -0.15) is 5.26 Å². The molecule has 2 aromatic rings. The summed E-state index contributed by atoms with van der Waals surface area (Å²) in [6.45, 7) is 1.86. The van der Waals surface area contributed by atoms with E-state index in [4.69, 9.17) is 5.73 Å². The Morgan fingerprint density at radius 2 is 1.93 bits per heavy atom. The molecule has 146 valence electrons. The number of amides is 1. The fourth-order valence-corrected chi connectivity index (χ4v) is 3.95. The lowest BCUT2D eigenvalue weighted by atomic mass is 9.74. The van der Waals surface area contributed by atoms with Gasteiger partial charge in [0.2, 0.25) is 5.91 Å². The number of rotatable bonds is 4. The summed E-state index contributed by atoms with van der Waals surface area (Å²) in [7, 11) is 1.60. The van der Waals surface area contributed by atoms with Crippen LogP contribution in [0.3, 0.4) is 0 Å². The van der Waals surface area contributed by atoms with E-state index in [1.807, 2.05) is 25.1 Å². The van der Waals surface area contributed by atoms with Crippen LogP contribution in [0.5, 0.6) is 0 Å². The highest BCUT2D eigenvalue weighted by Gasteiger charge is 2.47. The number of ketones is 1. The molecule has 0 unspecified atom stereocenters. The number of nitrogens with two attached hydrogens (primary N) is 1. The molecule has 0 bridgehead atoms. The number of carbonyl (C=O) groups excluding carboxylic acids is 2. The van der Waals surface area contributed by atoms with Gasteiger partial charge in [-0.15, -0.1) is 0 Å². The molecule has 6 heteroatoms. The molecule has 1 heterocycles. The monoisotopic (exact) mass is 386 g/mol. The summed E-state index contributed by atoms with van der Waals surface area (Å²) in [5.74, 6) is -0.360. The third-order valence-corrected chi connectivity index (χ3v) is 5.88. The largest absolute Gasteiger partial charge is 0.369 e. The van der Waals surface area contributed by atoms with Gasteiger partial charge in [0.1, 0.15) is 5.54 Å². The summed E-state index contributed by atoms with van der Waals surface area (Å²) in [5.41, 5.74) is 7.74. The first-order valence-corrected chi connectivity index (χ1v) is 9.63. The van der Waals surface area contributed by atoms with Crippen molar-refractivity contribution in [3.05, 3.63) is 70.8 Å². The van der Waals surface area contributed by atoms with Crippen LogP contribution in [0.4, 0.5) is 0 Å². The number of hydrogen-bond donors (Lipinski definition) is 1. The summed E-state index contributed by atoms with van der Waals surface area (Å²) in [6, 6.07) is 16.5. The van der Waals surface area contributed by atoms with Crippen LogP contribution >= 0.6 is 0 Å². The maximum atomic E-state index is 13.2. The Hall–Kier alpha value is -3.46. The van der Waals surface area contributed by atoms with Crippen molar-refractivity contribution in [2.24, 2.45) is 16.6 Å². The van der Waals surface area contributed by atoms with E-state index in [9.17, 15) is 14.9 Å². The van der Waals surface area contributed by atoms with E-state index < -0.39 is 11.5 Å². The van der Waals surface area contributed by atoms with E-state index in [1.54, 1.807) is 37.4 Å². The highest BCUT2D eigenvalue weighted by molar-refractivity contribution is 6.03. The van der Waals surface area contributed by atoms with Gasteiger partial charge in [-0.25, -0.2) is 4.99 Å². The number of hydrogen-bond acceptors (Lipinski definition) is 5.